The smallest absolute Gasteiger partial charge is 0.245 e. The lowest BCUT2D eigenvalue weighted by atomic mass is 9.96. The second-order valence-corrected chi connectivity index (χ2v) is 5.62. The molecule has 0 spiro atoms. The first-order valence-corrected chi connectivity index (χ1v) is 6.52. The van der Waals surface area contributed by atoms with Crippen LogP contribution in [0.1, 0.15) is 39.2 Å². The van der Waals surface area contributed by atoms with Crippen molar-refractivity contribution in [3.63, 3.8) is 0 Å². The Labute approximate surface area is 113 Å². The second-order valence-electron chi connectivity index (χ2n) is 5.62. The number of amides is 1. The zero-order chi connectivity index (χ0) is 14.2. The van der Waals surface area contributed by atoms with Crippen LogP contribution in [0, 0.1) is 0 Å². The van der Waals surface area contributed by atoms with Gasteiger partial charge in [0.2, 0.25) is 5.91 Å². The first-order chi connectivity index (χ1) is 8.85. The molecule has 6 heteroatoms. The zero-order valence-corrected chi connectivity index (χ0v) is 11.9. The molecule has 0 bridgehead atoms. The molecule has 19 heavy (non-hydrogen) atoms. The van der Waals surface area contributed by atoms with Crippen molar-refractivity contribution < 1.29 is 4.79 Å². The average molecular weight is 263 g/mol. The highest BCUT2D eigenvalue weighted by atomic mass is 16.2. The number of nitrogens with one attached hydrogen (secondary N) is 1. The van der Waals surface area contributed by atoms with E-state index in [4.69, 9.17) is 5.73 Å². The molecule has 0 atom stereocenters. The van der Waals surface area contributed by atoms with Gasteiger partial charge in [-0.3, -0.25) is 4.79 Å². The van der Waals surface area contributed by atoms with Crippen LogP contribution < -0.4 is 16.0 Å². The van der Waals surface area contributed by atoms with Gasteiger partial charge in [0, 0.05) is 18.7 Å². The maximum Gasteiger partial charge on any atom is 0.245 e. The molecule has 3 N–H and O–H groups in total. The van der Waals surface area contributed by atoms with E-state index in [1.807, 2.05) is 18.7 Å². The number of hydrogen-bond donors (Lipinski definition) is 2. The standard InChI is InChI=1S/C13H21N5O/c1-8(2)9-10(14)16-7-17-11(9)18-6-5-15-12(19)13(18,3)4/h7-8H,5-6H2,1-4H3,(H,15,19)(H2,14,16,17). The Kier molecular flexibility index (Phi) is 3.34. The molecule has 2 heterocycles. The Balaban J connectivity index is 2.52. The molecule has 1 fully saturated rings. The van der Waals surface area contributed by atoms with Gasteiger partial charge in [-0.1, -0.05) is 13.8 Å². The second kappa shape index (κ2) is 4.68. The van der Waals surface area contributed by atoms with Crippen LogP contribution in [0.4, 0.5) is 11.6 Å². The number of anilines is 2. The van der Waals surface area contributed by atoms with E-state index in [-0.39, 0.29) is 11.8 Å². The summed E-state index contributed by atoms with van der Waals surface area (Å²) >= 11 is 0. The third-order valence-electron chi connectivity index (χ3n) is 3.58. The van der Waals surface area contributed by atoms with Gasteiger partial charge in [0.15, 0.2) is 0 Å². The fourth-order valence-electron chi connectivity index (χ4n) is 2.44. The molecular weight excluding hydrogens is 242 g/mol. The monoisotopic (exact) mass is 263 g/mol. The predicted molar refractivity (Wildman–Crippen MR) is 75.0 cm³/mol. The molecule has 6 nitrogen and oxygen atoms in total. The lowest BCUT2D eigenvalue weighted by molar-refractivity contribution is -0.126. The van der Waals surface area contributed by atoms with Gasteiger partial charge in [0.05, 0.1) is 0 Å². The van der Waals surface area contributed by atoms with Gasteiger partial charge < -0.3 is 16.0 Å². The van der Waals surface area contributed by atoms with Gasteiger partial charge in [0.25, 0.3) is 0 Å². The van der Waals surface area contributed by atoms with Gasteiger partial charge in [-0.2, -0.15) is 0 Å². The lowest BCUT2D eigenvalue weighted by Crippen LogP contribution is -2.62. The molecule has 1 aliphatic rings. The van der Waals surface area contributed by atoms with Crippen LogP contribution in [0.3, 0.4) is 0 Å². The summed E-state index contributed by atoms with van der Waals surface area (Å²) in [5.41, 5.74) is 6.25. The third-order valence-corrected chi connectivity index (χ3v) is 3.58. The first-order valence-electron chi connectivity index (χ1n) is 6.52. The highest BCUT2D eigenvalue weighted by molar-refractivity contribution is 5.90. The molecule has 0 aromatic carbocycles. The predicted octanol–water partition coefficient (Wildman–Crippen LogP) is 0.897. The molecule has 0 saturated carbocycles. The van der Waals surface area contributed by atoms with E-state index in [1.165, 1.54) is 6.33 Å². The molecule has 2 rings (SSSR count). The van der Waals surface area contributed by atoms with Crippen molar-refractivity contribution in [1.82, 2.24) is 15.3 Å². The van der Waals surface area contributed by atoms with Gasteiger partial charge in [-0.05, 0) is 19.8 Å². The van der Waals surface area contributed by atoms with Gasteiger partial charge in [-0.15, -0.1) is 0 Å². The Morgan fingerprint density at radius 1 is 1.42 bits per heavy atom. The van der Waals surface area contributed by atoms with Crippen LogP contribution in [-0.2, 0) is 4.79 Å². The van der Waals surface area contributed by atoms with Crippen molar-refractivity contribution in [3.05, 3.63) is 11.9 Å². The number of nitrogen functional groups attached to an aromatic ring is 1. The zero-order valence-electron chi connectivity index (χ0n) is 11.9. The van der Waals surface area contributed by atoms with Crippen LogP contribution in [0.5, 0.6) is 0 Å². The SMILES string of the molecule is CC(C)c1c(N)ncnc1N1CCNC(=O)C1(C)C. The summed E-state index contributed by atoms with van der Waals surface area (Å²) in [5.74, 6) is 1.46. The molecule has 1 amide bonds. The molecule has 1 saturated heterocycles. The molecule has 1 aromatic rings. The molecule has 1 aliphatic heterocycles. The summed E-state index contributed by atoms with van der Waals surface area (Å²) in [4.78, 5) is 22.5. The molecule has 0 aliphatic carbocycles. The van der Waals surface area contributed by atoms with Crippen molar-refractivity contribution in [2.45, 2.75) is 39.2 Å². The Bertz CT molecular complexity index is 498. The van der Waals surface area contributed by atoms with Crippen LogP contribution in [0.2, 0.25) is 0 Å². The summed E-state index contributed by atoms with van der Waals surface area (Å²) in [6, 6.07) is 0. The number of carbonyl (C=O) groups is 1. The van der Waals surface area contributed by atoms with Gasteiger partial charge in [-0.25, -0.2) is 9.97 Å². The Morgan fingerprint density at radius 2 is 2.11 bits per heavy atom. The number of piperazine rings is 1. The summed E-state index contributed by atoms with van der Waals surface area (Å²) in [6.45, 7) is 9.22. The van der Waals surface area contributed by atoms with Crippen molar-refractivity contribution in [2.24, 2.45) is 0 Å². The number of rotatable bonds is 2. The summed E-state index contributed by atoms with van der Waals surface area (Å²) in [5, 5.41) is 2.88. The molecule has 0 unspecified atom stereocenters. The Morgan fingerprint density at radius 3 is 2.74 bits per heavy atom. The van der Waals surface area contributed by atoms with E-state index >= 15 is 0 Å². The number of nitrogens with zero attached hydrogens (tertiary/aromatic N) is 3. The van der Waals surface area contributed by atoms with Crippen molar-refractivity contribution in [2.75, 3.05) is 23.7 Å². The molecule has 0 radical (unpaired) electrons. The van der Waals surface area contributed by atoms with E-state index in [1.54, 1.807) is 0 Å². The van der Waals surface area contributed by atoms with Crippen LogP contribution in [0.15, 0.2) is 6.33 Å². The summed E-state index contributed by atoms with van der Waals surface area (Å²) < 4.78 is 0. The third kappa shape index (κ3) is 2.22. The largest absolute Gasteiger partial charge is 0.383 e. The topological polar surface area (TPSA) is 84.1 Å². The van der Waals surface area contributed by atoms with Gasteiger partial charge >= 0.3 is 0 Å². The van der Waals surface area contributed by atoms with Gasteiger partial charge in [0.1, 0.15) is 23.5 Å². The maximum absolute atomic E-state index is 12.0. The van der Waals surface area contributed by atoms with Crippen molar-refractivity contribution >= 4 is 17.5 Å². The van der Waals surface area contributed by atoms with E-state index < -0.39 is 5.54 Å². The fourth-order valence-corrected chi connectivity index (χ4v) is 2.44. The van der Waals surface area contributed by atoms with Crippen molar-refractivity contribution in [3.8, 4) is 0 Å². The summed E-state index contributed by atoms with van der Waals surface area (Å²) in [7, 11) is 0. The van der Waals surface area contributed by atoms with Crippen LogP contribution in [-0.4, -0.2) is 34.5 Å². The average Bonchev–Trinajstić information content (AvgIpc) is 2.31. The lowest BCUT2D eigenvalue weighted by Gasteiger charge is -2.43. The number of carbonyl (C=O) groups excluding carboxylic acids is 1. The summed E-state index contributed by atoms with van der Waals surface area (Å²) in [6.07, 6.45) is 1.46. The normalized spacial score (nSPS) is 18.6. The minimum absolute atomic E-state index is 0.00522. The fraction of sp³-hybridized carbons (Fsp3) is 0.615. The highest BCUT2D eigenvalue weighted by Crippen LogP contribution is 2.33. The first kappa shape index (κ1) is 13.6. The quantitative estimate of drug-likeness (QED) is 0.828. The molecular formula is C13H21N5O. The van der Waals surface area contributed by atoms with E-state index in [9.17, 15) is 4.79 Å². The number of nitrogens with two attached hydrogens (primary N) is 1. The number of aromatic nitrogens is 2. The van der Waals surface area contributed by atoms with E-state index in [2.05, 4.69) is 29.1 Å². The molecule has 1 aromatic heterocycles. The van der Waals surface area contributed by atoms with E-state index in [0.29, 0.717) is 12.4 Å². The maximum atomic E-state index is 12.0. The Hall–Kier alpha value is -1.85. The minimum atomic E-state index is -0.636. The van der Waals surface area contributed by atoms with E-state index in [0.717, 1.165) is 17.9 Å². The van der Waals surface area contributed by atoms with Crippen LogP contribution in [0.25, 0.3) is 0 Å². The molecule has 104 valence electrons. The minimum Gasteiger partial charge on any atom is -0.383 e. The highest BCUT2D eigenvalue weighted by Gasteiger charge is 2.39. The van der Waals surface area contributed by atoms with Crippen molar-refractivity contribution in [1.29, 1.82) is 0 Å². The van der Waals surface area contributed by atoms with Crippen LogP contribution >= 0.6 is 0 Å². The number of hydrogen-bond acceptors (Lipinski definition) is 5.